The van der Waals surface area contributed by atoms with Crippen LogP contribution in [0.1, 0.15) is 44.6 Å². The number of nitrogens with one attached hydrogen (secondary N) is 1. The third kappa shape index (κ3) is 13.8. The van der Waals surface area contributed by atoms with Crippen molar-refractivity contribution < 1.29 is 52.9 Å². The molecule has 0 aromatic heterocycles. The van der Waals surface area contributed by atoms with Crippen LogP contribution in [0, 0.1) is 5.92 Å². The quantitative estimate of drug-likeness (QED) is 0.0564. The molecule has 12 nitrogen and oxygen atoms in total. The number of aliphatic hydroxyl groups is 2. The molecule has 12 heteroatoms. The van der Waals surface area contributed by atoms with Gasteiger partial charge in [-0.15, -0.1) is 0 Å². The van der Waals surface area contributed by atoms with E-state index in [0.717, 1.165) is 38.9 Å². The number of carbonyl (C=O) groups is 1. The molecule has 10 atom stereocenters. The first-order valence-corrected chi connectivity index (χ1v) is 25.4. The zero-order valence-corrected chi connectivity index (χ0v) is 41.6. The van der Waals surface area contributed by atoms with Crippen molar-refractivity contribution in [1.29, 1.82) is 0 Å². The number of aliphatic hydroxyl groups excluding tert-OH is 2. The lowest BCUT2D eigenvalue weighted by Crippen LogP contribution is -2.64. The molecule has 2 aliphatic heterocycles. The van der Waals surface area contributed by atoms with Gasteiger partial charge in [0.05, 0.1) is 58.5 Å². The van der Waals surface area contributed by atoms with Gasteiger partial charge in [-0.2, -0.15) is 0 Å². The molecule has 384 valence electrons. The first-order valence-electron chi connectivity index (χ1n) is 25.4. The lowest BCUT2D eigenvalue weighted by molar-refractivity contribution is -0.303. The van der Waals surface area contributed by atoms with Crippen molar-refractivity contribution in [2.75, 3.05) is 20.3 Å². The number of amides is 1. The summed E-state index contributed by atoms with van der Waals surface area (Å²) in [4.78, 5) is 12.5. The van der Waals surface area contributed by atoms with Crippen LogP contribution in [0.25, 0.3) is 11.1 Å². The minimum Gasteiger partial charge on any atom is -0.462 e. The SMILES string of the molecule is CNC(=O)c1cccc(-c2ccc(O[C@H]3O[C@H](CO)[C@@H](OCc4ccccc4)[C@@H](C[C@H]4O[C@H](CO)[C@@H](OCc5ccccc5)[C@H](OCc5ccccc5)[C@@H]4OCc4ccccc4)[C@@H]3OCc3ccccc3)cc2)c1. The normalized spacial score (nSPS) is 23.7. The van der Waals surface area contributed by atoms with Gasteiger partial charge in [0.1, 0.15) is 42.4 Å². The van der Waals surface area contributed by atoms with Gasteiger partial charge in [-0.25, -0.2) is 0 Å². The van der Waals surface area contributed by atoms with E-state index >= 15 is 0 Å². The van der Waals surface area contributed by atoms with E-state index in [4.69, 9.17) is 37.9 Å². The molecular formula is C62H65NO11. The maximum Gasteiger partial charge on any atom is 0.251 e. The van der Waals surface area contributed by atoms with E-state index in [1.165, 1.54) is 0 Å². The van der Waals surface area contributed by atoms with E-state index in [0.29, 0.717) is 11.3 Å². The summed E-state index contributed by atoms with van der Waals surface area (Å²) in [5, 5.41) is 25.3. The average Bonchev–Trinajstić information content (AvgIpc) is 3.46. The zero-order valence-electron chi connectivity index (χ0n) is 41.6. The van der Waals surface area contributed by atoms with Crippen LogP contribution in [-0.2, 0) is 66.2 Å². The second-order valence-electron chi connectivity index (χ2n) is 18.6. The number of carbonyl (C=O) groups excluding carboxylic acids is 1. The Labute approximate surface area is 433 Å². The van der Waals surface area contributed by atoms with Crippen molar-refractivity contribution >= 4 is 5.91 Å². The Bertz CT molecular complexity index is 2740. The molecule has 2 heterocycles. The van der Waals surface area contributed by atoms with E-state index in [1.54, 1.807) is 13.1 Å². The van der Waals surface area contributed by atoms with Gasteiger partial charge in [0.25, 0.3) is 5.91 Å². The topological polar surface area (TPSA) is 143 Å². The van der Waals surface area contributed by atoms with E-state index in [2.05, 4.69) is 5.32 Å². The monoisotopic (exact) mass is 999 g/mol. The summed E-state index contributed by atoms with van der Waals surface area (Å²) in [5.74, 6) is -0.249. The number of rotatable bonds is 23. The van der Waals surface area contributed by atoms with Crippen molar-refractivity contribution in [3.63, 3.8) is 0 Å². The van der Waals surface area contributed by atoms with Gasteiger partial charge in [0.2, 0.25) is 6.29 Å². The van der Waals surface area contributed by atoms with Crippen LogP contribution in [0.5, 0.6) is 5.75 Å². The maximum atomic E-state index is 12.5. The van der Waals surface area contributed by atoms with Crippen molar-refractivity contribution in [2.24, 2.45) is 5.92 Å². The maximum absolute atomic E-state index is 12.5. The van der Waals surface area contributed by atoms with Crippen LogP contribution < -0.4 is 10.1 Å². The predicted octanol–water partition coefficient (Wildman–Crippen LogP) is 9.50. The van der Waals surface area contributed by atoms with E-state index in [1.807, 2.05) is 194 Å². The smallest absolute Gasteiger partial charge is 0.251 e. The Hall–Kier alpha value is -6.55. The molecule has 0 saturated carbocycles. The van der Waals surface area contributed by atoms with Gasteiger partial charge in [0, 0.05) is 18.5 Å². The van der Waals surface area contributed by atoms with E-state index in [9.17, 15) is 15.0 Å². The largest absolute Gasteiger partial charge is 0.462 e. The third-order valence-electron chi connectivity index (χ3n) is 13.6. The Balaban J connectivity index is 1.10. The zero-order chi connectivity index (χ0) is 50.9. The fourth-order valence-electron chi connectivity index (χ4n) is 9.80. The highest BCUT2D eigenvalue weighted by atomic mass is 16.7. The summed E-state index contributed by atoms with van der Waals surface area (Å²) in [6, 6.07) is 64.5. The summed E-state index contributed by atoms with van der Waals surface area (Å²) < 4.78 is 55.4. The molecule has 7 aromatic rings. The van der Waals surface area contributed by atoms with Crippen LogP contribution in [0.15, 0.2) is 200 Å². The first-order chi connectivity index (χ1) is 36.5. The van der Waals surface area contributed by atoms with E-state index < -0.39 is 67.6 Å². The first kappa shape index (κ1) is 52.3. The molecule has 9 rings (SSSR count). The fraction of sp³-hybridized carbons (Fsp3) is 0.306. The lowest BCUT2D eigenvalue weighted by atomic mass is 9.80. The summed E-state index contributed by atoms with van der Waals surface area (Å²) in [6.07, 6.45) is -7.05. The molecular weight excluding hydrogens is 935 g/mol. The molecule has 7 aromatic carbocycles. The summed E-state index contributed by atoms with van der Waals surface area (Å²) in [7, 11) is 1.61. The molecule has 3 N–H and O–H groups in total. The molecule has 2 aliphatic rings. The van der Waals surface area contributed by atoms with Gasteiger partial charge >= 0.3 is 0 Å². The highest BCUT2D eigenvalue weighted by molar-refractivity contribution is 5.95. The molecule has 0 aliphatic carbocycles. The van der Waals surface area contributed by atoms with Gasteiger partial charge in [-0.3, -0.25) is 4.79 Å². The molecule has 2 saturated heterocycles. The van der Waals surface area contributed by atoms with Crippen LogP contribution in [0.2, 0.25) is 0 Å². The van der Waals surface area contributed by atoms with Crippen molar-refractivity contribution in [3.8, 4) is 16.9 Å². The van der Waals surface area contributed by atoms with Gasteiger partial charge < -0.3 is 53.4 Å². The molecule has 74 heavy (non-hydrogen) atoms. The number of hydrogen-bond acceptors (Lipinski definition) is 11. The highest BCUT2D eigenvalue weighted by Crippen LogP contribution is 2.41. The lowest BCUT2D eigenvalue weighted by Gasteiger charge is -2.50. The highest BCUT2D eigenvalue weighted by Gasteiger charge is 2.54. The summed E-state index contributed by atoms with van der Waals surface area (Å²) in [5.41, 5.74) is 7.05. The molecule has 2 fully saturated rings. The van der Waals surface area contributed by atoms with Crippen molar-refractivity contribution in [1.82, 2.24) is 5.32 Å². The average molecular weight is 1000 g/mol. The molecule has 0 bridgehead atoms. The minimum atomic E-state index is -1.05. The van der Waals surface area contributed by atoms with Gasteiger partial charge in [-0.1, -0.05) is 176 Å². The molecule has 1 amide bonds. The fourth-order valence-corrected chi connectivity index (χ4v) is 9.80. The van der Waals surface area contributed by atoms with Gasteiger partial charge in [-0.05, 0) is 69.6 Å². The Kier molecular flexibility index (Phi) is 18.8. The Morgan fingerprint density at radius 1 is 0.446 bits per heavy atom. The summed E-state index contributed by atoms with van der Waals surface area (Å²) in [6.45, 7) is 0.404. The second-order valence-corrected chi connectivity index (χ2v) is 18.6. The summed E-state index contributed by atoms with van der Waals surface area (Å²) >= 11 is 0. The standard InChI is InChI=1S/C62H65NO11/c1-63-61(66)50-29-17-28-49(34-50)48-30-32-51(33-31-48)72-62-57(68-39-44-20-9-3-10-21-44)52(56(54(36-64)74-62)67-38-43-18-7-2-8-19-43)35-53-58(69-40-45-22-11-4-12-23-45)60(71-42-47-26-15-6-16-27-47)59(55(37-65)73-53)70-41-46-24-13-5-14-25-46/h2-34,52-60,62,64-65H,35-42H2,1H3,(H,63,66)/t52-,53-,54-,55-,56+,57+,58-,59-,60-,62+/m1/s1. The number of ether oxygens (including phenoxy) is 8. The van der Waals surface area contributed by atoms with Gasteiger partial charge in [0.15, 0.2) is 0 Å². The van der Waals surface area contributed by atoms with Crippen LogP contribution in [0.4, 0.5) is 0 Å². The Morgan fingerprint density at radius 3 is 1.32 bits per heavy atom. The number of benzene rings is 7. The van der Waals surface area contributed by atoms with Crippen molar-refractivity contribution in [2.45, 2.75) is 94.6 Å². The Morgan fingerprint density at radius 2 is 0.865 bits per heavy atom. The van der Waals surface area contributed by atoms with Crippen LogP contribution >= 0.6 is 0 Å². The van der Waals surface area contributed by atoms with Crippen LogP contribution in [0.3, 0.4) is 0 Å². The van der Waals surface area contributed by atoms with E-state index in [-0.39, 0.29) is 52.0 Å². The molecule has 0 spiro atoms. The molecule has 0 radical (unpaired) electrons. The van der Waals surface area contributed by atoms with Crippen molar-refractivity contribution in [3.05, 3.63) is 234 Å². The van der Waals surface area contributed by atoms with Crippen LogP contribution in [-0.4, -0.2) is 91.5 Å². The predicted molar refractivity (Wildman–Crippen MR) is 281 cm³/mol. The minimum absolute atomic E-state index is 0.173. The molecule has 0 unspecified atom stereocenters. The number of hydrogen-bond donors (Lipinski definition) is 3. The second kappa shape index (κ2) is 26.6. The third-order valence-corrected chi connectivity index (χ3v) is 13.6.